The molecule has 0 saturated carbocycles. The SMILES string of the molecule is CC(=O)c1ccc(SCc2cc(C)cc(C)c2)nc1. The molecule has 1 heterocycles. The summed E-state index contributed by atoms with van der Waals surface area (Å²) in [6.07, 6.45) is 1.64. The summed E-state index contributed by atoms with van der Waals surface area (Å²) in [6, 6.07) is 10.3. The number of aryl methyl sites for hydroxylation is 2. The fraction of sp³-hybridized carbons (Fsp3) is 0.250. The normalized spacial score (nSPS) is 10.5. The van der Waals surface area contributed by atoms with Crippen molar-refractivity contribution in [2.45, 2.75) is 31.6 Å². The number of Topliss-reactive ketones (excluding diaryl/α,β-unsaturated/α-hetero) is 1. The Morgan fingerprint density at radius 1 is 1.16 bits per heavy atom. The number of hydrogen-bond donors (Lipinski definition) is 0. The van der Waals surface area contributed by atoms with Crippen molar-refractivity contribution in [1.82, 2.24) is 4.98 Å². The van der Waals surface area contributed by atoms with Gasteiger partial charge < -0.3 is 0 Å². The van der Waals surface area contributed by atoms with Gasteiger partial charge in [-0.2, -0.15) is 0 Å². The number of carbonyl (C=O) groups is 1. The van der Waals surface area contributed by atoms with E-state index in [1.165, 1.54) is 16.7 Å². The van der Waals surface area contributed by atoms with E-state index < -0.39 is 0 Å². The molecule has 0 aliphatic heterocycles. The largest absolute Gasteiger partial charge is 0.294 e. The van der Waals surface area contributed by atoms with E-state index in [4.69, 9.17) is 0 Å². The maximum absolute atomic E-state index is 11.2. The van der Waals surface area contributed by atoms with Crippen LogP contribution in [0.15, 0.2) is 41.6 Å². The second kappa shape index (κ2) is 6.02. The van der Waals surface area contributed by atoms with Crippen LogP contribution >= 0.6 is 11.8 Å². The molecule has 1 aromatic carbocycles. The number of rotatable bonds is 4. The fourth-order valence-electron chi connectivity index (χ4n) is 1.98. The van der Waals surface area contributed by atoms with Crippen LogP contribution in [-0.2, 0) is 5.75 Å². The Morgan fingerprint density at radius 2 is 1.84 bits per heavy atom. The zero-order valence-electron chi connectivity index (χ0n) is 11.4. The number of pyridine rings is 1. The Balaban J connectivity index is 2.03. The Bertz CT molecular complexity index is 570. The average Bonchev–Trinajstić information content (AvgIpc) is 2.36. The highest BCUT2D eigenvalue weighted by Crippen LogP contribution is 2.22. The maximum atomic E-state index is 11.2. The summed E-state index contributed by atoms with van der Waals surface area (Å²) in [4.78, 5) is 15.5. The van der Waals surface area contributed by atoms with Crippen LogP contribution in [0.5, 0.6) is 0 Å². The van der Waals surface area contributed by atoms with E-state index in [2.05, 4.69) is 37.0 Å². The first kappa shape index (κ1) is 13.8. The minimum absolute atomic E-state index is 0.0540. The zero-order chi connectivity index (χ0) is 13.8. The Hall–Kier alpha value is -1.61. The molecule has 0 radical (unpaired) electrons. The molecule has 1 aromatic heterocycles. The highest BCUT2D eigenvalue weighted by Gasteiger charge is 2.02. The van der Waals surface area contributed by atoms with Gasteiger partial charge in [-0.3, -0.25) is 4.79 Å². The Morgan fingerprint density at radius 3 is 2.37 bits per heavy atom. The summed E-state index contributed by atoms with van der Waals surface area (Å²) in [5, 5.41) is 0.948. The van der Waals surface area contributed by atoms with Crippen LogP contribution in [0.2, 0.25) is 0 Å². The van der Waals surface area contributed by atoms with E-state index in [0.717, 1.165) is 10.8 Å². The van der Waals surface area contributed by atoms with Crippen LogP contribution in [0, 0.1) is 13.8 Å². The van der Waals surface area contributed by atoms with E-state index in [1.54, 1.807) is 24.9 Å². The van der Waals surface area contributed by atoms with Gasteiger partial charge in [-0.1, -0.05) is 29.3 Å². The monoisotopic (exact) mass is 271 g/mol. The van der Waals surface area contributed by atoms with E-state index in [0.29, 0.717) is 5.56 Å². The minimum Gasteiger partial charge on any atom is -0.294 e. The molecular weight excluding hydrogens is 254 g/mol. The molecule has 0 amide bonds. The van der Waals surface area contributed by atoms with E-state index in [9.17, 15) is 4.79 Å². The molecule has 0 unspecified atom stereocenters. The topological polar surface area (TPSA) is 30.0 Å². The van der Waals surface area contributed by atoms with Crippen molar-refractivity contribution in [2.24, 2.45) is 0 Å². The zero-order valence-corrected chi connectivity index (χ0v) is 12.3. The standard InChI is InChI=1S/C16H17NOS/c1-11-6-12(2)8-14(7-11)10-19-16-5-4-15(9-17-16)13(3)18/h4-9H,10H2,1-3H3. The molecule has 3 heteroatoms. The predicted molar refractivity (Wildman–Crippen MR) is 79.7 cm³/mol. The molecular formula is C16H17NOS. The summed E-state index contributed by atoms with van der Waals surface area (Å²) < 4.78 is 0. The lowest BCUT2D eigenvalue weighted by atomic mass is 10.1. The average molecular weight is 271 g/mol. The molecule has 0 spiro atoms. The smallest absolute Gasteiger partial charge is 0.161 e. The summed E-state index contributed by atoms with van der Waals surface area (Å²) in [5.74, 6) is 0.952. The fourth-order valence-corrected chi connectivity index (χ4v) is 2.76. The summed E-state index contributed by atoms with van der Waals surface area (Å²) in [5.41, 5.74) is 4.54. The first-order valence-electron chi connectivity index (χ1n) is 6.21. The molecule has 0 N–H and O–H groups in total. The molecule has 0 bridgehead atoms. The van der Waals surface area contributed by atoms with Crippen molar-refractivity contribution < 1.29 is 4.79 Å². The highest BCUT2D eigenvalue weighted by atomic mass is 32.2. The van der Waals surface area contributed by atoms with Gasteiger partial charge in [-0.15, -0.1) is 11.8 Å². The first-order chi connectivity index (χ1) is 9.04. The Labute approximate surface area is 118 Å². The lowest BCUT2D eigenvalue weighted by Gasteiger charge is -2.05. The predicted octanol–water partition coefficient (Wildman–Crippen LogP) is 4.19. The molecule has 0 aliphatic carbocycles. The summed E-state index contributed by atoms with van der Waals surface area (Å²) in [7, 11) is 0. The second-order valence-electron chi connectivity index (χ2n) is 4.73. The molecule has 0 aliphatic rings. The van der Waals surface area contributed by atoms with Gasteiger partial charge in [0.1, 0.15) is 0 Å². The molecule has 0 saturated heterocycles. The number of hydrogen-bond acceptors (Lipinski definition) is 3. The third kappa shape index (κ3) is 3.93. The summed E-state index contributed by atoms with van der Waals surface area (Å²) in [6.45, 7) is 5.78. The number of ketones is 1. The van der Waals surface area contributed by atoms with Crippen LogP contribution < -0.4 is 0 Å². The molecule has 0 atom stereocenters. The van der Waals surface area contributed by atoms with Gasteiger partial charge in [-0.25, -0.2) is 4.98 Å². The molecule has 2 aromatic rings. The molecule has 2 nitrogen and oxygen atoms in total. The van der Waals surface area contributed by atoms with Crippen molar-refractivity contribution >= 4 is 17.5 Å². The van der Waals surface area contributed by atoms with Gasteiger partial charge in [0.05, 0.1) is 5.03 Å². The third-order valence-corrected chi connectivity index (χ3v) is 3.83. The van der Waals surface area contributed by atoms with E-state index in [-0.39, 0.29) is 5.78 Å². The van der Waals surface area contributed by atoms with Crippen LogP contribution in [0.25, 0.3) is 0 Å². The van der Waals surface area contributed by atoms with Crippen LogP contribution in [0.1, 0.15) is 34.0 Å². The van der Waals surface area contributed by atoms with Crippen LogP contribution in [-0.4, -0.2) is 10.8 Å². The van der Waals surface area contributed by atoms with Gasteiger partial charge >= 0.3 is 0 Å². The van der Waals surface area contributed by atoms with Crippen LogP contribution in [0.3, 0.4) is 0 Å². The van der Waals surface area contributed by atoms with Gasteiger partial charge in [-0.05, 0) is 38.5 Å². The van der Waals surface area contributed by atoms with E-state index in [1.807, 2.05) is 12.1 Å². The number of carbonyl (C=O) groups excluding carboxylic acids is 1. The molecule has 98 valence electrons. The van der Waals surface area contributed by atoms with Gasteiger partial charge in [0.25, 0.3) is 0 Å². The lowest BCUT2D eigenvalue weighted by molar-refractivity contribution is 0.101. The number of benzene rings is 1. The van der Waals surface area contributed by atoms with Gasteiger partial charge in [0.2, 0.25) is 0 Å². The number of aromatic nitrogens is 1. The van der Waals surface area contributed by atoms with Crippen molar-refractivity contribution in [3.63, 3.8) is 0 Å². The second-order valence-corrected chi connectivity index (χ2v) is 5.72. The van der Waals surface area contributed by atoms with Crippen molar-refractivity contribution in [1.29, 1.82) is 0 Å². The Kier molecular flexibility index (Phi) is 4.38. The maximum Gasteiger partial charge on any atom is 0.161 e. The number of thioether (sulfide) groups is 1. The first-order valence-corrected chi connectivity index (χ1v) is 7.20. The van der Waals surface area contributed by atoms with Crippen molar-refractivity contribution in [2.75, 3.05) is 0 Å². The quantitative estimate of drug-likeness (QED) is 0.617. The lowest BCUT2D eigenvalue weighted by Crippen LogP contribution is -1.93. The molecule has 2 rings (SSSR count). The molecule has 0 fully saturated rings. The van der Waals surface area contributed by atoms with Crippen molar-refractivity contribution in [3.05, 3.63) is 58.8 Å². The summed E-state index contributed by atoms with van der Waals surface area (Å²) >= 11 is 1.69. The van der Waals surface area contributed by atoms with E-state index >= 15 is 0 Å². The minimum atomic E-state index is 0.0540. The van der Waals surface area contributed by atoms with Crippen molar-refractivity contribution in [3.8, 4) is 0 Å². The number of nitrogens with zero attached hydrogens (tertiary/aromatic N) is 1. The third-order valence-electron chi connectivity index (χ3n) is 2.81. The highest BCUT2D eigenvalue weighted by molar-refractivity contribution is 7.98. The molecule has 19 heavy (non-hydrogen) atoms. The van der Waals surface area contributed by atoms with Gasteiger partial charge in [0, 0.05) is 17.5 Å². The van der Waals surface area contributed by atoms with Crippen LogP contribution in [0.4, 0.5) is 0 Å². The van der Waals surface area contributed by atoms with Gasteiger partial charge in [0.15, 0.2) is 5.78 Å².